The molecule has 0 atom stereocenters. The number of aliphatic imine (C=N–C) groups is 1. The zero-order valence-corrected chi connectivity index (χ0v) is 9.82. The van der Waals surface area contributed by atoms with Crippen LogP contribution < -0.4 is 0 Å². The van der Waals surface area contributed by atoms with Gasteiger partial charge in [-0.3, -0.25) is 0 Å². The number of rotatable bonds is 0. The maximum atomic E-state index is 4.71. The van der Waals surface area contributed by atoms with E-state index in [0.717, 1.165) is 24.7 Å². The Hall–Kier alpha value is -1.25. The third-order valence-corrected chi connectivity index (χ3v) is 2.88. The minimum absolute atomic E-state index is 1.08. The second-order valence-corrected chi connectivity index (χ2v) is 4.41. The molecular formula is C12H19N3. The van der Waals surface area contributed by atoms with Gasteiger partial charge in [-0.25, -0.2) is 4.99 Å². The Kier molecular flexibility index (Phi) is 2.80. The van der Waals surface area contributed by atoms with Crippen molar-refractivity contribution in [2.45, 2.75) is 26.7 Å². The fraction of sp³-hybridized carbons (Fsp3) is 0.583. The Morgan fingerprint density at radius 2 is 1.93 bits per heavy atom. The third-order valence-electron chi connectivity index (χ3n) is 2.88. The Labute approximate surface area is 91.8 Å². The standard InChI is InChI=1S/C12H19N3/c1-10(2)12-13-11(6-9-14(12)3)15-7-4-5-8-15/h6,9H,4-5,7-8H2,1-3H3. The highest BCUT2D eigenvalue weighted by Crippen LogP contribution is 2.18. The first kappa shape index (κ1) is 10.3. The Morgan fingerprint density at radius 3 is 2.53 bits per heavy atom. The van der Waals surface area contributed by atoms with Crippen LogP contribution in [0, 0.1) is 0 Å². The maximum Gasteiger partial charge on any atom is 0.133 e. The molecule has 3 nitrogen and oxygen atoms in total. The highest BCUT2D eigenvalue weighted by molar-refractivity contribution is 5.94. The normalized spacial score (nSPS) is 21.0. The van der Waals surface area contributed by atoms with E-state index in [1.807, 2.05) is 7.05 Å². The van der Waals surface area contributed by atoms with Gasteiger partial charge in [0.05, 0.1) is 0 Å². The van der Waals surface area contributed by atoms with Gasteiger partial charge in [-0.15, -0.1) is 0 Å². The topological polar surface area (TPSA) is 18.8 Å². The lowest BCUT2D eigenvalue weighted by atomic mass is 10.3. The monoisotopic (exact) mass is 205 g/mol. The molecule has 0 saturated carbocycles. The van der Waals surface area contributed by atoms with Crippen molar-refractivity contribution in [2.75, 3.05) is 20.1 Å². The summed E-state index contributed by atoms with van der Waals surface area (Å²) in [5.41, 5.74) is 1.26. The predicted octanol–water partition coefficient (Wildman–Crippen LogP) is 2.19. The van der Waals surface area contributed by atoms with Gasteiger partial charge in [-0.2, -0.15) is 0 Å². The number of likely N-dealkylation sites (tertiary alicyclic amines) is 1. The summed E-state index contributed by atoms with van der Waals surface area (Å²) < 4.78 is 0. The second kappa shape index (κ2) is 4.09. The molecule has 2 heterocycles. The van der Waals surface area contributed by atoms with Gasteiger partial charge in [0.2, 0.25) is 0 Å². The van der Waals surface area contributed by atoms with E-state index >= 15 is 0 Å². The van der Waals surface area contributed by atoms with E-state index in [4.69, 9.17) is 4.99 Å². The molecule has 0 N–H and O–H groups in total. The van der Waals surface area contributed by atoms with Crippen molar-refractivity contribution in [3.63, 3.8) is 0 Å². The lowest BCUT2D eigenvalue weighted by molar-refractivity contribution is 0.496. The molecule has 0 amide bonds. The van der Waals surface area contributed by atoms with Gasteiger partial charge < -0.3 is 9.80 Å². The lowest BCUT2D eigenvalue weighted by Crippen LogP contribution is -2.30. The van der Waals surface area contributed by atoms with Crippen LogP contribution in [0.2, 0.25) is 0 Å². The highest BCUT2D eigenvalue weighted by atomic mass is 15.3. The summed E-state index contributed by atoms with van der Waals surface area (Å²) in [5, 5.41) is 0. The van der Waals surface area contributed by atoms with Gasteiger partial charge in [0, 0.05) is 26.3 Å². The van der Waals surface area contributed by atoms with Gasteiger partial charge in [0.15, 0.2) is 0 Å². The van der Waals surface area contributed by atoms with E-state index in [2.05, 4.69) is 35.9 Å². The highest BCUT2D eigenvalue weighted by Gasteiger charge is 2.18. The Bertz CT molecular complexity index is 329. The molecule has 15 heavy (non-hydrogen) atoms. The zero-order chi connectivity index (χ0) is 10.8. The molecule has 2 aliphatic rings. The van der Waals surface area contributed by atoms with Crippen LogP contribution in [-0.4, -0.2) is 35.8 Å². The Balaban J connectivity index is 2.23. The molecule has 0 spiro atoms. The molecule has 2 rings (SSSR count). The van der Waals surface area contributed by atoms with Crippen molar-refractivity contribution in [1.82, 2.24) is 9.80 Å². The van der Waals surface area contributed by atoms with E-state index in [9.17, 15) is 0 Å². The van der Waals surface area contributed by atoms with E-state index in [1.54, 1.807) is 0 Å². The van der Waals surface area contributed by atoms with Crippen molar-refractivity contribution < 1.29 is 0 Å². The van der Waals surface area contributed by atoms with Gasteiger partial charge in [-0.1, -0.05) is 0 Å². The molecule has 1 fully saturated rings. The average molecular weight is 205 g/mol. The lowest BCUT2D eigenvalue weighted by Gasteiger charge is -2.25. The van der Waals surface area contributed by atoms with Crippen molar-refractivity contribution in [2.24, 2.45) is 4.99 Å². The van der Waals surface area contributed by atoms with Crippen LogP contribution in [0.25, 0.3) is 0 Å². The van der Waals surface area contributed by atoms with E-state index in [1.165, 1.54) is 18.4 Å². The number of hydrogen-bond acceptors (Lipinski definition) is 3. The molecule has 82 valence electrons. The molecule has 2 aliphatic heterocycles. The van der Waals surface area contributed by atoms with E-state index < -0.39 is 0 Å². The summed E-state index contributed by atoms with van der Waals surface area (Å²) in [6.07, 6.45) is 6.81. The van der Waals surface area contributed by atoms with Gasteiger partial charge in [0.25, 0.3) is 0 Å². The molecule has 0 unspecified atom stereocenters. The van der Waals surface area contributed by atoms with Gasteiger partial charge in [0.1, 0.15) is 11.7 Å². The average Bonchev–Trinajstić information content (AvgIpc) is 2.71. The fourth-order valence-corrected chi connectivity index (χ4v) is 2.06. The first-order valence-corrected chi connectivity index (χ1v) is 5.60. The fourth-order valence-electron chi connectivity index (χ4n) is 2.06. The van der Waals surface area contributed by atoms with E-state index in [0.29, 0.717) is 0 Å². The molecule has 0 bridgehead atoms. The summed E-state index contributed by atoms with van der Waals surface area (Å²) >= 11 is 0. The molecular weight excluding hydrogens is 186 g/mol. The van der Waals surface area contributed by atoms with Crippen molar-refractivity contribution in [1.29, 1.82) is 0 Å². The predicted molar refractivity (Wildman–Crippen MR) is 63.5 cm³/mol. The minimum Gasteiger partial charge on any atom is -0.357 e. The van der Waals surface area contributed by atoms with Crippen LogP contribution in [0.3, 0.4) is 0 Å². The Morgan fingerprint density at radius 1 is 1.27 bits per heavy atom. The molecule has 1 saturated heterocycles. The number of nitrogens with zero attached hydrogens (tertiary/aromatic N) is 3. The maximum absolute atomic E-state index is 4.71. The van der Waals surface area contributed by atoms with Crippen LogP contribution in [0.1, 0.15) is 26.7 Å². The van der Waals surface area contributed by atoms with Gasteiger partial charge in [-0.05, 0) is 38.3 Å². The zero-order valence-electron chi connectivity index (χ0n) is 9.82. The number of amidine groups is 1. The molecule has 3 heteroatoms. The summed E-state index contributed by atoms with van der Waals surface area (Å²) in [7, 11) is 2.04. The summed E-state index contributed by atoms with van der Waals surface area (Å²) in [5.74, 6) is 2.21. The van der Waals surface area contributed by atoms with Crippen molar-refractivity contribution in [3.8, 4) is 0 Å². The third kappa shape index (κ3) is 2.06. The minimum atomic E-state index is 1.08. The largest absolute Gasteiger partial charge is 0.357 e. The molecule has 0 aromatic heterocycles. The van der Waals surface area contributed by atoms with Crippen LogP contribution in [-0.2, 0) is 0 Å². The number of allylic oxidation sites excluding steroid dienone is 1. The van der Waals surface area contributed by atoms with Crippen molar-refractivity contribution >= 4 is 5.84 Å². The smallest absolute Gasteiger partial charge is 0.133 e. The van der Waals surface area contributed by atoms with Crippen LogP contribution >= 0.6 is 0 Å². The molecule has 0 radical (unpaired) electrons. The van der Waals surface area contributed by atoms with Crippen LogP contribution in [0.5, 0.6) is 0 Å². The summed E-state index contributed by atoms with van der Waals surface area (Å²) in [6.45, 7) is 6.53. The van der Waals surface area contributed by atoms with Gasteiger partial charge >= 0.3 is 0 Å². The SMILES string of the molecule is CC(C)=C1N=C(N2CCCC2)C=CN1C. The second-order valence-electron chi connectivity index (χ2n) is 4.41. The quantitative estimate of drug-likeness (QED) is 0.603. The first-order chi connectivity index (χ1) is 7.18. The molecule has 0 aromatic carbocycles. The summed E-state index contributed by atoms with van der Waals surface area (Å²) in [6, 6.07) is 0. The van der Waals surface area contributed by atoms with Crippen molar-refractivity contribution in [3.05, 3.63) is 23.7 Å². The number of hydrogen-bond donors (Lipinski definition) is 0. The first-order valence-electron chi connectivity index (χ1n) is 5.60. The van der Waals surface area contributed by atoms with Crippen LogP contribution in [0.4, 0.5) is 0 Å². The molecule has 0 aromatic rings. The van der Waals surface area contributed by atoms with E-state index in [-0.39, 0.29) is 0 Å². The summed E-state index contributed by atoms with van der Waals surface area (Å²) in [4.78, 5) is 9.15. The molecule has 0 aliphatic carbocycles. The van der Waals surface area contributed by atoms with Crippen LogP contribution in [0.15, 0.2) is 28.7 Å².